The number of nitrogens with zero attached hydrogens (tertiary/aromatic N) is 3. The molecule has 3 aromatic rings. The van der Waals surface area contributed by atoms with Crippen LogP contribution in [-0.2, 0) is 20.0 Å². The second kappa shape index (κ2) is 5.33. The van der Waals surface area contributed by atoms with E-state index >= 15 is 0 Å². The third-order valence-electron chi connectivity index (χ3n) is 3.78. The summed E-state index contributed by atoms with van der Waals surface area (Å²) >= 11 is 5.03. The van der Waals surface area contributed by atoms with E-state index in [0.29, 0.717) is 4.99 Å². The van der Waals surface area contributed by atoms with Crippen LogP contribution < -0.4 is 5.73 Å². The van der Waals surface area contributed by atoms with E-state index in [-0.39, 0.29) is 0 Å². The fourth-order valence-corrected chi connectivity index (χ4v) is 2.69. The lowest BCUT2D eigenvalue weighted by Crippen LogP contribution is -2.09. The van der Waals surface area contributed by atoms with Gasteiger partial charge in [0.15, 0.2) is 0 Å². The van der Waals surface area contributed by atoms with E-state index in [1.54, 1.807) is 0 Å². The molecule has 3 rings (SSSR count). The minimum absolute atomic E-state index is 0.434. The normalized spacial score (nSPS) is 11.1. The van der Waals surface area contributed by atoms with E-state index in [1.165, 1.54) is 11.2 Å². The summed E-state index contributed by atoms with van der Waals surface area (Å²) < 4.78 is 4.17. The number of nitrogens with two attached hydrogens (primary N) is 1. The summed E-state index contributed by atoms with van der Waals surface area (Å²) in [6, 6.07) is 10.3. The van der Waals surface area contributed by atoms with E-state index in [4.69, 9.17) is 18.0 Å². The molecule has 5 heteroatoms. The molecule has 2 aromatic heterocycles. The van der Waals surface area contributed by atoms with Crippen LogP contribution in [0.25, 0.3) is 10.9 Å². The lowest BCUT2D eigenvalue weighted by molar-refractivity contribution is 0.669. The maximum atomic E-state index is 5.69. The highest BCUT2D eigenvalue weighted by Gasteiger charge is 2.08. The molecule has 4 nitrogen and oxygen atoms in total. The van der Waals surface area contributed by atoms with Crippen LogP contribution in [0.4, 0.5) is 0 Å². The Bertz CT molecular complexity index is 813. The average molecular weight is 298 g/mol. The maximum absolute atomic E-state index is 5.69. The molecular weight excluding hydrogens is 280 g/mol. The van der Waals surface area contributed by atoms with Crippen molar-refractivity contribution >= 4 is 28.1 Å². The van der Waals surface area contributed by atoms with Gasteiger partial charge in [0.25, 0.3) is 0 Å². The first kappa shape index (κ1) is 13.8. The Labute approximate surface area is 129 Å². The van der Waals surface area contributed by atoms with Crippen molar-refractivity contribution in [1.29, 1.82) is 0 Å². The molecule has 0 radical (unpaired) electrons. The summed E-state index contributed by atoms with van der Waals surface area (Å²) in [5, 5.41) is 5.65. The standard InChI is InChI=1S/C16H18N4S/c1-3-13-9-14(19(2)18-13)10-20-7-6-11-8-12(16(17)21)4-5-15(11)20/h4-9H,3,10H2,1-2H3,(H2,17,21). The molecule has 21 heavy (non-hydrogen) atoms. The van der Waals surface area contributed by atoms with E-state index in [1.807, 2.05) is 23.9 Å². The molecule has 0 bridgehead atoms. The predicted molar refractivity (Wildman–Crippen MR) is 89.5 cm³/mol. The number of hydrogen-bond acceptors (Lipinski definition) is 2. The van der Waals surface area contributed by atoms with E-state index in [2.05, 4.69) is 41.0 Å². The molecule has 0 unspecified atom stereocenters. The van der Waals surface area contributed by atoms with Gasteiger partial charge >= 0.3 is 0 Å². The van der Waals surface area contributed by atoms with Crippen molar-refractivity contribution in [2.24, 2.45) is 12.8 Å². The fourth-order valence-electron chi connectivity index (χ4n) is 2.56. The van der Waals surface area contributed by atoms with Gasteiger partial charge in [-0.25, -0.2) is 0 Å². The number of benzene rings is 1. The third kappa shape index (κ3) is 2.56. The zero-order valence-electron chi connectivity index (χ0n) is 12.2. The van der Waals surface area contributed by atoms with Gasteiger partial charge in [0.1, 0.15) is 4.99 Å². The molecule has 108 valence electrons. The number of fused-ring (bicyclic) bond motifs is 1. The molecule has 0 atom stereocenters. The van der Waals surface area contributed by atoms with Gasteiger partial charge in [-0.1, -0.05) is 19.1 Å². The highest BCUT2D eigenvalue weighted by atomic mass is 32.1. The lowest BCUT2D eigenvalue weighted by Gasteiger charge is -2.06. The van der Waals surface area contributed by atoms with Gasteiger partial charge < -0.3 is 10.3 Å². The molecule has 0 saturated carbocycles. The molecule has 0 aliphatic carbocycles. The van der Waals surface area contributed by atoms with Crippen molar-refractivity contribution in [1.82, 2.24) is 14.3 Å². The third-order valence-corrected chi connectivity index (χ3v) is 4.01. The molecule has 0 aliphatic rings. The highest BCUT2D eigenvalue weighted by molar-refractivity contribution is 7.80. The number of thiocarbonyl (C=S) groups is 1. The number of aryl methyl sites for hydroxylation is 2. The van der Waals surface area contributed by atoms with Gasteiger partial charge in [-0.3, -0.25) is 4.68 Å². The van der Waals surface area contributed by atoms with Gasteiger partial charge in [0, 0.05) is 29.7 Å². The number of rotatable bonds is 4. The largest absolute Gasteiger partial charge is 0.389 e. The first-order valence-electron chi connectivity index (χ1n) is 6.99. The molecule has 0 amide bonds. The molecule has 2 N–H and O–H groups in total. The molecule has 0 aliphatic heterocycles. The Morgan fingerprint density at radius 1 is 1.29 bits per heavy atom. The van der Waals surface area contributed by atoms with E-state index < -0.39 is 0 Å². The lowest BCUT2D eigenvalue weighted by atomic mass is 10.1. The minimum atomic E-state index is 0.434. The first-order chi connectivity index (χ1) is 10.1. The molecule has 0 spiro atoms. The summed E-state index contributed by atoms with van der Waals surface area (Å²) in [6.07, 6.45) is 3.05. The summed E-state index contributed by atoms with van der Waals surface area (Å²) in [4.78, 5) is 0.434. The maximum Gasteiger partial charge on any atom is 0.104 e. The minimum Gasteiger partial charge on any atom is -0.389 e. The summed E-state index contributed by atoms with van der Waals surface area (Å²) in [5.74, 6) is 0. The SMILES string of the molecule is CCc1cc(Cn2ccc3cc(C(N)=S)ccc32)n(C)n1. The Kier molecular flexibility index (Phi) is 3.51. The van der Waals surface area contributed by atoms with Crippen molar-refractivity contribution < 1.29 is 0 Å². The smallest absolute Gasteiger partial charge is 0.104 e. The zero-order valence-corrected chi connectivity index (χ0v) is 13.0. The van der Waals surface area contributed by atoms with Crippen LogP contribution in [-0.4, -0.2) is 19.3 Å². The molecule has 0 fully saturated rings. The van der Waals surface area contributed by atoms with Gasteiger partial charge in [-0.05, 0) is 36.8 Å². The van der Waals surface area contributed by atoms with Crippen LogP contribution in [0.5, 0.6) is 0 Å². The second-order valence-corrected chi connectivity index (χ2v) is 5.63. The highest BCUT2D eigenvalue weighted by Crippen LogP contribution is 2.19. The van der Waals surface area contributed by atoms with Gasteiger partial charge in [-0.15, -0.1) is 0 Å². The Morgan fingerprint density at radius 2 is 2.10 bits per heavy atom. The summed E-state index contributed by atoms with van der Waals surface area (Å²) in [5.41, 5.74) is 10.1. The van der Waals surface area contributed by atoms with Crippen molar-refractivity contribution in [3.8, 4) is 0 Å². The van der Waals surface area contributed by atoms with Gasteiger partial charge in [0.05, 0.1) is 17.9 Å². The van der Waals surface area contributed by atoms with Crippen LogP contribution in [0.2, 0.25) is 0 Å². The summed E-state index contributed by atoms with van der Waals surface area (Å²) in [6.45, 7) is 2.92. The zero-order chi connectivity index (χ0) is 15.0. The number of hydrogen-bond donors (Lipinski definition) is 1. The van der Waals surface area contributed by atoms with Crippen LogP contribution in [0.15, 0.2) is 36.5 Å². The number of aromatic nitrogens is 3. The predicted octanol–water partition coefficient (Wildman–Crippen LogP) is 2.62. The van der Waals surface area contributed by atoms with E-state index in [9.17, 15) is 0 Å². The average Bonchev–Trinajstić information content (AvgIpc) is 3.03. The Hall–Kier alpha value is -2.14. The second-order valence-electron chi connectivity index (χ2n) is 5.19. The molecule has 1 aromatic carbocycles. The van der Waals surface area contributed by atoms with Crippen LogP contribution in [0.1, 0.15) is 23.9 Å². The summed E-state index contributed by atoms with van der Waals surface area (Å²) in [7, 11) is 1.99. The molecule has 0 saturated heterocycles. The van der Waals surface area contributed by atoms with Crippen molar-refractivity contribution in [2.45, 2.75) is 19.9 Å². The first-order valence-corrected chi connectivity index (χ1v) is 7.40. The van der Waals surface area contributed by atoms with Crippen molar-refractivity contribution in [2.75, 3.05) is 0 Å². The van der Waals surface area contributed by atoms with Gasteiger partial charge in [-0.2, -0.15) is 5.10 Å². The molecular formula is C16H18N4S. The van der Waals surface area contributed by atoms with Crippen LogP contribution >= 0.6 is 12.2 Å². The Morgan fingerprint density at radius 3 is 2.76 bits per heavy atom. The van der Waals surface area contributed by atoms with Gasteiger partial charge in [0.2, 0.25) is 0 Å². The molecule has 2 heterocycles. The van der Waals surface area contributed by atoms with Crippen LogP contribution in [0.3, 0.4) is 0 Å². The monoisotopic (exact) mass is 298 g/mol. The van der Waals surface area contributed by atoms with Crippen molar-refractivity contribution in [3.63, 3.8) is 0 Å². The van der Waals surface area contributed by atoms with Crippen molar-refractivity contribution in [3.05, 3.63) is 53.5 Å². The van der Waals surface area contributed by atoms with E-state index in [0.717, 1.165) is 29.6 Å². The quantitative estimate of drug-likeness (QED) is 0.753. The fraction of sp³-hybridized carbons (Fsp3) is 0.250. The Balaban J connectivity index is 1.97. The van der Waals surface area contributed by atoms with Crippen LogP contribution in [0, 0.1) is 0 Å². The topological polar surface area (TPSA) is 48.8 Å².